The van der Waals surface area contributed by atoms with E-state index in [0.29, 0.717) is 5.75 Å². The molecule has 5 nitrogen and oxygen atoms in total. The third-order valence-corrected chi connectivity index (χ3v) is 3.66. The van der Waals surface area contributed by atoms with Crippen LogP contribution in [0.1, 0.15) is 17.5 Å². The lowest BCUT2D eigenvalue weighted by Gasteiger charge is -2.19. The van der Waals surface area contributed by atoms with E-state index in [9.17, 15) is 5.11 Å². The number of phenolic OH excluding ortho intramolecular Hbond substituents is 1. The van der Waals surface area contributed by atoms with Crippen LogP contribution in [0.15, 0.2) is 36.7 Å². The van der Waals surface area contributed by atoms with Crippen LogP contribution in [-0.4, -0.2) is 41.3 Å². The molecule has 0 aliphatic carbocycles. The molecule has 1 aromatic carbocycles. The molecule has 0 spiro atoms. The molecule has 0 amide bonds. The quantitative estimate of drug-likeness (QED) is 0.896. The van der Waals surface area contributed by atoms with Crippen molar-refractivity contribution in [1.82, 2.24) is 15.3 Å². The molecule has 0 bridgehead atoms. The van der Waals surface area contributed by atoms with Gasteiger partial charge in [0.1, 0.15) is 5.75 Å². The van der Waals surface area contributed by atoms with Crippen molar-refractivity contribution in [3.63, 3.8) is 0 Å². The van der Waals surface area contributed by atoms with Gasteiger partial charge in [0.2, 0.25) is 5.95 Å². The lowest BCUT2D eigenvalue weighted by atomic mass is 10.1. The number of hydrogen-bond acceptors (Lipinski definition) is 5. The highest BCUT2D eigenvalue weighted by Gasteiger charge is 2.11. The normalized spacial score (nSPS) is 15.7. The molecule has 0 radical (unpaired) electrons. The lowest BCUT2D eigenvalue weighted by molar-refractivity contribution is 0.475. The fraction of sp³-hybridized carbons (Fsp3) is 0.375. The third kappa shape index (κ3) is 3.70. The van der Waals surface area contributed by atoms with Gasteiger partial charge in [-0.3, -0.25) is 0 Å². The molecular formula is C16H20N4O. The minimum absolute atomic E-state index is 0.292. The molecule has 2 heterocycles. The van der Waals surface area contributed by atoms with Gasteiger partial charge in [-0.1, -0.05) is 12.1 Å². The van der Waals surface area contributed by atoms with Crippen molar-refractivity contribution in [3.05, 3.63) is 47.8 Å². The maximum absolute atomic E-state index is 9.29. The molecule has 2 aromatic rings. The summed E-state index contributed by atoms with van der Waals surface area (Å²) < 4.78 is 0. The molecule has 1 fully saturated rings. The van der Waals surface area contributed by atoms with Crippen LogP contribution in [0.3, 0.4) is 0 Å². The Balaban J connectivity index is 1.67. The van der Waals surface area contributed by atoms with Gasteiger partial charge < -0.3 is 15.3 Å². The summed E-state index contributed by atoms with van der Waals surface area (Å²) in [6, 6.07) is 7.25. The largest absolute Gasteiger partial charge is 0.508 e. The van der Waals surface area contributed by atoms with Gasteiger partial charge in [-0.25, -0.2) is 9.97 Å². The first kappa shape index (κ1) is 13.8. The van der Waals surface area contributed by atoms with Crippen LogP contribution < -0.4 is 10.2 Å². The molecule has 1 saturated heterocycles. The van der Waals surface area contributed by atoms with Crippen molar-refractivity contribution in [2.45, 2.75) is 12.8 Å². The van der Waals surface area contributed by atoms with Gasteiger partial charge in [0.15, 0.2) is 0 Å². The molecule has 0 saturated carbocycles. The predicted molar refractivity (Wildman–Crippen MR) is 82.6 cm³/mol. The molecule has 21 heavy (non-hydrogen) atoms. The molecular weight excluding hydrogens is 264 g/mol. The number of hydrogen-bond donors (Lipinski definition) is 2. The van der Waals surface area contributed by atoms with Gasteiger partial charge in [0.25, 0.3) is 0 Å². The van der Waals surface area contributed by atoms with Gasteiger partial charge in [-0.2, -0.15) is 0 Å². The number of benzene rings is 1. The van der Waals surface area contributed by atoms with Gasteiger partial charge >= 0.3 is 0 Å². The summed E-state index contributed by atoms with van der Waals surface area (Å²) in [5, 5.41) is 12.7. The highest BCUT2D eigenvalue weighted by Crippen LogP contribution is 2.14. The highest BCUT2D eigenvalue weighted by atomic mass is 16.3. The zero-order valence-corrected chi connectivity index (χ0v) is 12.0. The Morgan fingerprint density at radius 1 is 1.00 bits per heavy atom. The molecule has 0 unspecified atom stereocenters. The van der Waals surface area contributed by atoms with Gasteiger partial charge in [-0.15, -0.1) is 0 Å². The van der Waals surface area contributed by atoms with Gasteiger partial charge in [0.05, 0.1) is 0 Å². The van der Waals surface area contributed by atoms with Crippen molar-refractivity contribution in [1.29, 1.82) is 0 Å². The van der Waals surface area contributed by atoms with Crippen LogP contribution in [0.5, 0.6) is 5.75 Å². The first-order valence-electron chi connectivity index (χ1n) is 7.36. The van der Waals surface area contributed by atoms with E-state index in [1.165, 1.54) is 0 Å². The molecule has 2 N–H and O–H groups in total. The molecule has 1 aromatic heterocycles. The Morgan fingerprint density at radius 3 is 2.52 bits per heavy atom. The second-order valence-electron chi connectivity index (χ2n) is 5.33. The summed E-state index contributed by atoms with van der Waals surface area (Å²) in [4.78, 5) is 11.2. The van der Waals surface area contributed by atoms with E-state index in [1.807, 2.05) is 24.5 Å². The number of phenols is 1. The summed E-state index contributed by atoms with van der Waals surface area (Å²) in [7, 11) is 0. The summed E-state index contributed by atoms with van der Waals surface area (Å²) in [5.41, 5.74) is 2.22. The summed E-state index contributed by atoms with van der Waals surface area (Å²) in [6.45, 7) is 4.01. The Labute approximate surface area is 124 Å². The Bertz CT molecular complexity index is 560. The number of anilines is 1. The molecule has 0 atom stereocenters. The van der Waals surface area contributed by atoms with Crippen molar-refractivity contribution < 1.29 is 5.11 Å². The Hall–Kier alpha value is -2.14. The van der Waals surface area contributed by atoms with Gasteiger partial charge in [-0.05, 0) is 36.2 Å². The number of aromatic hydroxyl groups is 1. The summed E-state index contributed by atoms with van der Waals surface area (Å²) in [5.74, 6) is 1.10. The van der Waals surface area contributed by atoms with Crippen LogP contribution in [-0.2, 0) is 6.42 Å². The van der Waals surface area contributed by atoms with E-state index in [2.05, 4.69) is 20.2 Å². The van der Waals surface area contributed by atoms with Crippen molar-refractivity contribution >= 4 is 5.95 Å². The zero-order chi connectivity index (χ0) is 14.5. The van der Waals surface area contributed by atoms with Gasteiger partial charge in [0, 0.05) is 38.4 Å². The number of aromatic nitrogens is 2. The van der Waals surface area contributed by atoms with Crippen LogP contribution in [0.4, 0.5) is 5.95 Å². The SMILES string of the molecule is Oc1ccc(Cc2cnc(N3CCCNCC3)nc2)cc1. The first-order valence-corrected chi connectivity index (χ1v) is 7.36. The fourth-order valence-corrected chi connectivity index (χ4v) is 2.50. The van der Waals surface area contributed by atoms with E-state index < -0.39 is 0 Å². The summed E-state index contributed by atoms with van der Waals surface area (Å²) in [6.07, 6.45) is 5.70. The van der Waals surface area contributed by atoms with Crippen LogP contribution in [0, 0.1) is 0 Å². The molecule has 5 heteroatoms. The van der Waals surface area contributed by atoms with E-state index in [0.717, 1.165) is 56.1 Å². The second kappa shape index (κ2) is 6.54. The minimum atomic E-state index is 0.292. The topological polar surface area (TPSA) is 61.3 Å². The van der Waals surface area contributed by atoms with Crippen molar-refractivity contribution in [2.24, 2.45) is 0 Å². The van der Waals surface area contributed by atoms with Crippen LogP contribution in [0.2, 0.25) is 0 Å². The summed E-state index contributed by atoms with van der Waals surface area (Å²) >= 11 is 0. The average Bonchev–Trinajstić information content (AvgIpc) is 2.80. The third-order valence-electron chi connectivity index (χ3n) is 3.66. The molecule has 1 aliphatic heterocycles. The predicted octanol–water partition coefficient (Wildman–Crippen LogP) is 1.57. The lowest BCUT2D eigenvalue weighted by Crippen LogP contribution is -2.29. The van der Waals surface area contributed by atoms with E-state index >= 15 is 0 Å². The van der Waals surface area contributed by atoms with Crippen LogP contribution >= 0.6 is 0 Å². The maximum Gasteiger partial charge on any atom is 0.225 e. The maximum atomic E-state index is 9.29. The van der Waals surface area contributed by atoms with E-state index in [1.54, 1.807) is 12.1 Å². The number of nitrogens with zero attached hydrogens (tertiary/aromatic N) is 3. The van der Waals surface area contributed by atoms with Crippen LogP contribution in [0.25, 0.3) is 0 Å². The molecule has 110 valence electrons. The number of rotatable bonds is 3. The molecule has 1 aliphatic rings. The fourth-order valence-electron chi connectivity index (χ4n) is 2.50. The van der Waals surface area contributed by atoms with Crippen molar-refractivity contribution in [2.75, 3.05) is 31.1 Å². The zero-order valence-electron chi connectivity index (χ0n) is 12.0. The van der Waals surface area contributed by atoms with E-state index in [-0.39, 0.29) is 0 Å². The second-order valence-corrected chi connectivity index (χ2v) is 5.33. The Kier molecular flexibility index (Phi) is 4.31. The van der Waals surface area contributed by atoms with Crippen molar-refractivity contribution in [3.8, 4) is 5.75 Å². The Morgan fingerprint density at radius 2 is 1.76 bits per heavy atom. The standard InChI is InChI=1S/C16H20N4O/c21-15-4-2-13(3-5-15)10-14-11-18-16(19-12-14)20-8-1-6-17-7-9-20/h2-5,11-12,17,21H,1,6-10H2. The van der Waals surface area contributed by atoms with E-state index in [4.69, 9.17) is 0 Å². The average molecular weight is 284 g/mol. The smallest absolute Gasteiger partial charge is 0.225 e. The molecule has 3 rings (SSSR count). The monoisotopic (exact) mass is 284 g/mol. The highest BCUT2D eigenvalue weighted by molar-refractivity contribution is 5.33. The minimum Gasteiger partial charge on any atom is -0.508 e. The number of nitrogens with one attached hydrogen (secondary N) is 1. The first-order chi connectivity index (χ1) is 10.3.